The SMILES string of the molecule is C=C(CC(=O)OCC1CO1)C(=O)OCCCCCCCCCCCCCCCCC. The van der Waals surface area contributed by atoms with Crippen LogP contribution >= 0.6 is 0 Å². The number of epoxide rings is 1. The van der Waals surface area contributed by atoms with Gasteiger partial charge in [-0.3, -0.25) is 4.79 Å². The molecule has 5 heteroatoms. The Labute approximate surface area is 183 Å². The van der Waals surface area contributed by atoms with Gasteiger partial charge in [-0.1, -0.05) is 103 Å². The van der Waals surface area contributed by atoms with Crippen LogP contribution in [0.25, 0.3) is 0 Å². The van der Waals surface area contributed by atoms with Gasteiger partial charge < -0.3 is 14.2 Å². The van der Waals surface area contributed by atoms with Crippen molar-refractivity contribution in [1.82, 2.24) is 0 Å². The summed E-state index contributed by atoms with van der Waals surface area (Å²) in [7, 11) is 0. The number of rotatable bonds is 21. The van der Waals surface area contributed by atoms with Crippen LogP contribution in [0, 0.1) is 0 Å². The fraction of sp³-hybridized carbons (Fsp3) is 0.840. The van der Waals surface area contributed by atoms with Gasteiger partial charge in [-0.15, -0.1) is 0 Å². The van der Waals surface area contributed by atoms with Crippen molar-refractivity contribution in [3.05, 3.63) is 12.2 Å². The molecule has 0 saturated carbocycles. The van der Waals surface area contributed by atoms with Crippen LogP contribution in [0.3, 0.4) is 0 Å². The Morgan fingerprint density at radius 2 is 1.27 bits per heavy atom. The molecule has 1 saturated heterocycles. The van der Waals surface area contributed by atoms with Crippen molar-refractivity contribution in [2.45, 2.75) is 116 Å². The van der Waals surface area contributed by atoms with E-state index >= 15 is 0 Å². The predicted octanol–water partition coefficient (Wildman–Crippen LogP) is 6.29. The zero-order valence-corrected chi connectivity index (χ0v) is 19.3. The molecule has 0 aromatic heterocycles. The van der Waals surface area contributed by atoms with Crippen LogP contribution in [0.1, 0.15) is 110 Å². The van der Waals surface area contributed by atoms with Crippen LogP contribution in [0.4, 0.5) is 0 Å². The summed E-state index contributed by atoms with van der Waals surface area (Å²) < 4.78 is 15.1. The first-order chi connectivity index (χ1) is 14.6. The molecule has 0 spiro atoms. The monoisotopic (exact) mass is 424 g/mol. The van der Waals surface area contributed by atoms with Gasteiger partial charge in [0.25, 0.3) is 0 Å². The van der Waals surface area contributed by atoms with E-state index < -0.39 is 11.9 Å². The molecular formula is C25H44O5. The molecule has 30 heavy (non-hydrogen) atoms. The topological polar surface area (TPSA) is 65.1 Å². The molecule has 0 bridgehead atoms. The number of hydrogen-bond acceptors (Lipinski definition) is 5. The highest BCUT2D eigenvalue weighted by Crippen LogP contribution is 2.14. The minimum atomic E-state index is -0.500. The van der Waals surface area contributed by atoms with Gasteiger partial charge in [-0.25, -0.2) is 4.79 Å². The third kappa shape index (κ3) is 16.4. The molecule has 1 rings (SSSR count). The van der Waals surface area contributed by atoms with Gasteiger partial charge in [0.1, 0.15) is 12.7 Å². The Hall–Kier alpha value is -1.36. The molecule has 1 aliphatic heterocycles. The Kier molecular flexibility index (Phi) is 16.4. The number of unbranched alkanes of at least 4 members (excludes halogenated alkanes) is 14. The highest BCUT2D eigenvalue weighted by molar-refractivity contribution is 5.93. The van der Waals surface area contributed by atoms with E-state index in [9.17, 15) is 9.59 Å². The van der Waals surface area contributed by atoms with Gasteiger partial charge in [-0.05, 0) is 6.42 Å². The standard InChI is InChI=1S/C25H44O5/c1-3-4-5-6-7-8-9-10-11-12-13-14-15-16-17-18-28-25(27)22(2)19-24(26)30-21-23-20-29-23/h23H,2-21H2,1H3. The van der Waals surface area contributed by atoms with E-state index in [4.69, 9.17) is 14.2 Å². The third-order valence-corrected chi connectivity index (χ3v) is 5.46. The van der Waals surface area contributed by atoms with Crippen molar-refractivity contribution in [3.8, 4) is 0 Å². The molecule has 174 valence electrons. The molecule has 1 heterocycles. The third-order valence-electron chi connectivity index (χ3n) is 5.46. The van der Waals surface area contributed by atoms with Crippen molar-refractivity contribution < 1.29 is 23.8 Å². The van der Waals surface area contributed by atoms with Crippen molar-refractivity contribution in [2.24, 2.45) is 0 Å². The maximum absolute atomic E-state index is 11.8. The summed E-state index contributed by atoms with van der Waals surface area (Å²) in [5.41, 5.74) is 0.151. The van der Waals surface area contributed by atoms with E-state index in [1.807, 2.05) is 0 Å². The van der Waals surface area contributed by atoms with Crippen molar-refractivity contribution in [3.63, 3.8) is 0 Å². The lowest BCUT2D eigenvalue weighted by atomic mass is 10.0. The van der Waals surface area contributed by atoms with Crippen LogP contribution in [0.2, 0.25) is 0 Å². The molecule has 0 aromatic rings. The molecule has 0 amide bonds. The van der Waals surface area contributed by atoms with Crippen LogP contribution in [-0.4, -0.2) is 37.9 Å². The zero-order chi connectivity index (χ0) is 21.9. The molecule has 0 aliphatic carbocycles. The van der Waals surface area contributed by atoms with Crippen molar-refractivity contribution >= 4 is 11.9 Å². The first-order valence-electron chi connectivity index (χ1n) is 12.3. The first kappa shape index (κ1) is 26.7. The summed E-state index contributed by atoms with van der Waals surface area (Å²) in [5, 5.41) is 0. The summed E-state index contributed by atoms with van der Waals surface area (Å²) in [6, 6.07) is 0. The number of ether oxygens (including phenoxy) is 3. The molecule has 0 N–H and O–H groups in total. The molecule has 0 aromatic carbocycles. The van der Waals surface area contributed by atoms with Gasteiger partial charge in [-0.2, -0.15) is 0 Å². The predicted molar refractivity (Wildman–Crippen MR) is 120 cm³/mol. The lowest BCUT2D eigenvalue weighted by Gasteiger charge is -2.07. The average molecular weight is 425 g/mol. The summed E-state index contributed by atoms with van der Waals surface area (Å²) in [6.45, 7) is 7.16. The van der Waals surface area contributed by atoms with Crippen LogP contribution in [0.5, 0.6) is 0 Å². The Balaban J connectivity index is 1.79. The van der Waals surface area contributed by atoms with Crippen molar-refractivity contribution in [1.29, 1.82) is 0 Å². The minimum absolute atomic E-state index is 0.0271. The Bertz CT molecular complexity index is 470. The molecule has 1 unspecified atom stereocenters. The molecule has 1 aliphatic rings. The van der Waals surface area contributed by atoms with E-state index in [0.717, 1.165) is 12.8 Å². The first-order valence-corrected chi connectivity index (χ1v) is 12.3. The van der Waals surface area contributed by atoms with E-state index in [0.29, 0.717) is 13.2 Å². The second kappa shape index (κ2) is 18.4. The smallest absolute Gasteiger partial charge is 0.333 e. The normalized spacial score (nSPS) is 15.0. The lowest BCUT2D eigenvalue weighted by Crippen LogP contribution is -2.15. The fourth-order valence-corrected chi connectivity index (χ4v) is 3.39. The maximum Gasteiger partial charge on any atom is 0.333 e. The number of hydrogen-bond donors (Lipinski definition) is 0. The van der Waals surface area contributed by atoms with Crippen molar-refractivity contribution in [2.75, 3.05) is 19.8 Å². The van der Waals surface area contributed by atoms with Gasteiger partial charge in [0.2, 0.25) is 0 Å². The number of esters is 2. The lowest BCUT2D eigenvalue weighted by molar-refractivity contribution is -0.146. The zero-order valence-electron chi connectivity index (χ0n) is 19.3. The van der Waals surface area contributed by atoms with E-state index in [1.54, 1.807) is 0 Å². The second-order valence-corrected chi connectivity index (χ2v) is 8.50. The van der Waals surface area contributed by atoms with E-state index in [-0.39, 0.29) is 24.7 Å². The Morgan fingerprint density at radius 1 is 0.800 bits per heavy atom. The number of carbonyl (C=O) groups is 2. The summed E-state index contributed by atoms with van der Waals surface area (Å²) >= 11 is 0. The molecule has 1 atom stereocenters. The molecule has 5 nitrogen and oxygen atoms in total. The summed E-state index contributed by atoms with van der Waals surface area (Å²) in [5.74, 6) is -0.959. The molecular weight excluding hydrogens is 380 g/mol. The van der Waals surface area contributed by atoms with Gasteiger partial charge >= 0.3 is 11.9 Å². The highest BCUT2D eigenvalue weighted by atomic mass is 16.6. The fourth-order valence-electron chi connectivity index (χ4n) is 3.39. The quantitative estimate of drug-likeness (QED) is 0.0937. The van der Waals surface area contributed by atoms with Gasteiger partial charge in [0.15, 0.2) is 0 Å². The average Bonchev–Trinajstić information content (AvgIpc) is 3.56. The largest absolute Gasteiger partial charge is 0.463 e. The minimum Gasteiger partial charge on any atom is -0.463 e. The van der Waals surface area contributed by atoms with Gasteiger partial charge in [0.05, 0.1) is 19.6 Å². The summed E-state index contributed by atoms with van der Waals surface area (Å²) in [6.07, 6.45) is 19.5. The van der Waals surface area contributed by atoms with Crippen LogP contribution < -0.4 is 0 Å². The van der Waals surface area contributed by atoms with E-state index in [2.05, 4.69) is 13.5 Å². The number of carbonyl (C=O) groups excluding carboxylic acids is 2. The van der Waals surface area contributed by atoms with Gasteiger partial charge in [0, 0.05) is 5.57 Å². The second-order valence-electron chi connectivity index (χ2n) is 8.50. The van der Waals surface area contributed by atoms with Crippen LogP contribution in [-0.2, 0) is 23.8 Å². The Morgan fingerprint density at radius 3 is 1.73 bits per heavy atom. The maximum atomic E-state index is 11.8. The molecule has 1 fully saturated rings. The van der Waals surface area contributed by atoms with E-state index in [1.165, 1.54) is 83.5 Å². The van der Waals surface area contributed by atoms with Crippen LogP contribution in [0.15, 0.2) is 12.2 Å². The molecule has 0 radical (unpaired) electrons. The summed E-state index contributed by atoms with van der Waals surface area (Å²) in [4.78, 5) is 23.4. The highest BCUT2D eigenvalue weighted by Gasteiger charge is 2.24.